The number of piperidine rings is 1. The number of hydrogen-bond acceptors (Lipinski definition) is 4. The smallest absolute Gasteiger partial charge is 0.253 e. The molecule has 0 bridgehead atoms. The first-order valence-corrected chi connectivity index (χ1v) is 11.3. The molecule has 1 aromatic rings. The lowest BCUT2D eigenvalue weighted by Gasteiger charge is -2.33. The highest BCUT2D eigenvalue weighted by atomic mass is 16.5. The number of nitrogens with zero attached hydrogens (tertiary/aromatic N) is 2. The average Bonchev–Trinajstić information content (AvgIpc) is 3.28. The van der Waals surface area contributed by atoms with Crippen LogP contribution in [0.3, 0.4) is 0 Å². The Bertz CT molecular complexity index is 803. The van der Waals surface area contributed by atoms with Gasteiger partial charge in [-0.15, -0.1) is 0 Å². The van der Waals surface area contributed by atoms with Crippen molar-refractivity contribution in [3.63, 3.8) is 0 Å². The van der Waals surface area contributed by atoms with E-state index < -0.39 is 0 Å². The van der Waals surface area contributed by atoms with Crippen molar-refractivity contribution in [3.05, 3.63) is 47.7 Å². The van der Waals surface area contributed by atoms with Crippen LogP contribution in [0.5, 0.6) is 11.5 Å². The van der Waals surface area contributed by atoms with E-state index in [9.17, 15) is 4.79 Å². The summed E-state index contributed by atoms with van der Waals surface area (Å²) in [6.07, 6.45) is 14.2. The normalized spacial score (nSPS) is 20.4. The monoisotopic (exact) mass is 410 g/mol. The molecule has 3 aliphatic rings. The van der Waals surface area contributed by atoms with Crippen molar-refractivity contribution in [1.82, 2.24) is 9.80 Å². The van der Waals surface area contributed by atoms with E-state index in [4.69, 9.17) is 9.47 Å². The molecule has 0 radical (unpaired) electrons. The number of carbonyl (C=O) groups is 1. The second-order valence-electron chi connectivity index (χ2n) is 8.86. The van der Waals surface area contributed by atoms with Crippen molar-refractivity contribution in [3.8, 4) is 11.5 Å². The second kappa shape index (κ2) is 9.59. The van der Waals surface area contributed by atoms with Gasteiger partial charge in [-0.2, -0.15) is 0 Å². The van der Waals surface area contributed by atoms with Gasteiger partial charge in [-0.25, -0.2) is 0 Å². The fraction of sp³-hybridized carbons (Fsp3) is 0.560. The van der Waals surface area contributed by atoms with Gasteiger partial charge in [0.2, 0.25) is 0 Å². The summed E-state index contributed by atoms with van der Waals surface area (Å²) in [4.78, 5) is 16.8. The molecule has 5 heteroatoms. The van der Waals surface area contributed by atoms with Gasteiger partial charge in [-0.05, 0) is 80.8 Å². The number of rotatable bonds is 6. The molecule has 30 heavy (non-hydrogen) atoms. The molecule has 5 nitrogen and oxygen atoms in total. The summed E-state index contributed by atoms with van der Waals surface area (Å²) in [5.74, 6) is 2.49. The van der Waals surface area contributed by atoms with Crippen LogP contribution >= 0.6 is 0 Å². The van der Waals surface area contributed by atoms with Gasteiger partial charge >= 0.3 is 0 Å². The molecule has 0 spiro atoms. The second-order valence-corrected chi connectivity index (χ2v) is 8.86. The van der Waals surface area contributed by atoms with Crippen LogP contribution in [0.1, 0.15) is 44.1 Å². The minimum absolute atomic E-state index is 0.175. The number of amides is 1. The topological polar surface area (TPSA) is 42.0 Å². The molecular formula is C25H34N2O3. The highest BCUT2D eigenvalue weighted by Gasteiger charge is 2.25. The number of likely N-dealkylation sites (tertiary alicyclic amines) is 1. The molecule has 1 saturated carbocycles. The first-order valence-electron chi connectivity index (χ1n) is 11.3. The van der Waals surface area contributed by atoms with Crippen molar-refractivity contribution in [1.29, 1.82) is 0 Å². The summed E-state index contributed by atoms with van der Waals surface area (Å²) >= 11 is 0. The maximum Gasteiger partial charge on any atom is 0.253 e. The van der Waals surface area contributed by atoms with Gasteiger partial charge in [0.25, 0.3) is 5.91 Å². The molecule has 1 aromatic carbocycles. The van der Waals surface area contributed by atoms with Crippen LogP contribution in [0.15, 0.2) is 42.1 Å². The zero-order valence-corrected chi connectivity index (χ0v) is 18.3. The van der Waals surface area contributed by atoms with E-state index >= 15 is 0 Å². The quantitative estimate of drug-likeness (QED) is 0.705. The molecule has 1 aliphatic carbocycles. The van der Waals surface area contributed by atoms with Crippen molar-refractivity contribution in [2.24, 2.45) is 5.92 Å². The van der Waals surface area contributed by atoms with Crippen molar-refractivity contribution in [2.75, 3.05) is 33.8 Å². The molecule has 0 N–H and O–H groups in total. The fourth-order valence-corrected chi connectivity index (χ4v) is 4.72. The van der Waals surface area contributed by atoms with E-state index in [0.29, 0.717) is 12.0 Å². The third-order valence-corrected chi connectivity index (χ3v) is 6.60. The average molecular weight is 411 g/mol. The number of methoxy groups -OCH3 is 1. The van der Waals surface area contributed by atoms with Crippen LogP contribution < -0.4 is 9.47 Å². The van der Waals surface area contributed by atoms with Crippen LogP contribution in [-0.4, -0.2) is 55.6 Å². The van der Waals surface area contributed by atoms with Crippen molar-refractivity contribution in [2.45, 2.75) is 51.0 Å². The Labute approximate surface area is 180 Å². The highest BCUT2D eigenvalue weighted by Crippen LogP contribution is 2.34. The number of benzene rings is 1. The van der Waals surface area contributed by atoms with E-state index in [1.165, 1.54) is 18.4 Å². The number of hydrogen-bond donors (Lipinski definition) is 0. The first kappa shape index (κ1) is 20.8. The van der Waals surface area contributed by atoms with E-state index in [0.717, 1.165) is 68.8 Å². The zero-order chi connectivity index (χ0) is 20.9. The lowest BCUT2D eigenvalue weighted by molar-refractivity contribution is -0.128. The molecule has 2 fully saturated rings. The molecule has 1 saturated heterocycles. The van der Waals surface area contributed by atoms with Gasteiger partial charge in [0.15, 0.2) is 11.5 Å². The highest BCUT2D eigenvalue weighted by molar-refractivity contribution is 5.96. The Balaban J connectivity index is 1.32. The molecule has 0 unspecified atom stereocenters. The Morgan fingerprint density at radius 1 is 1.10 bits per heavy atom. The van der Waals surface area contributed by atoms with Gasteiger partial charge in [-0.1, -0.05) is 12.1 Å². The van der Waals surface area contributed by atoms with Crippen molar-refractivity contribution >= 4 is 5.91 Å². The largest absolute Gasteiger partial charge is 0.493 e. The summed E-state index contributed by atoms with van der Waals surface area (Å²) in [5.41, 5.74) is 2.13. The summed E-state index contributed by atoms with van der Waals surface area (Å²) < 4.78 is 11.8. The number of likely N-dealkylation sites (N-methyl/N-ethyl adjacent to an activating group) is 1. The lowest BCUT2D eigenvalue weighted by atomic mass is 9.89. The van der Waals surface area contributed by atoms with Crippen molar-refractivity contribution < 1.29 is 14.3 Å². The van der Waals surface area contributed by atoms with Crippen LogP contribution in [-0.2, 0) is 11.2 Å². The van der Waals surface area contributed by atoms with Crippen LogP contribution in [0, 0.1) is 5.92 Å². The van der Waals surface area contributed by atoms with Gasteiger partial charge < -0.3 is 19.3 Å². The van der Waals surface area contributed by atoms with Crippen LogP contribution in [0.2, 0.25) is 0 Å². The first-order chi connectivity index (χ1) is 14.6. The SMILES string of the molecule is COc1ccc(CC2CCN(C(=O)C3=CCN(C)C=C3)CC2)cc1OC1CCCC1. The molecule has 162 valence electrons. The number of ether oxygens (including phenoxy) is 2. The standard InChI is InChI=1S/C25H34N2O3/c1-26-13-11-21(12-14-26)25(28)27-15-9-19(10-16-27)17-20-7-8-23(29-2)24(18-20)30-22-5-3-4-6-22/h7-8,11-13,18-19,22H,3-6,9-10,14-17H2,1-2H3. The van der Waals surface area contributed by atoms with Gasteiger partial charge in [0.05, 0.1) is 13.2 Å². The zero-order valence-electron chi connectivity index (χ0n) is 18.3. The Hall–Kier alpha value is -2.43. The van der Waals surface area contributed by atoms with Crippen LogP contribution in [0.4, 0.5) is 0 Å². The Morgan fingerprint density at radius 2 is 1.87 bits per heavy atom. The summed E-state index contributed by atoms with van der Waals surface area (Å²) in [7, 11) is 3.72. The maximum absolute atomic E-state index is 12.8. The van der Waals surface area contributed by atoms with E-state index in [-0.39, 0.29) is 5.91 Å². The number of carbonyl (C=O) groups excluding carboxylic acids is 1. The van der Waals surface area contributed by atoms with E-state index in [1.54, 1.807) is 7.11 Å². The van der Waals surface area contributed by atoms with Gasteiger partial charge in [-0.3, -0.25) is 4.79 Å². The lowest BCUT2D eigenvalue weighted by Crippen LogP contribution is -2.40. The summed E-state index contributed by atoms with van der Waals surface area (Å²) in [6.45, 7) is 2.48. The molecule has 0 aromatic heterocycles. The molecule has 2 aliphatic heterocycles. The molecule has 1 amide bonds. The minimum atomic E-state index is 0.175. The van der Waals surface area contributed by atoms with Gasteiger partial charge in [0.1, 0.15) is 0 Å². The molecular weight excluding hydrogens is 376 g/mol. The van der Waals surface area contributed by atoms with E-state index in [1.807, 2.05) is 36.4 Å². The molecule has 4 rings (SSSR count). The fourth-order valence-electron chi connectivity index (χ4n) is 4.72. The Morgan fingerprint density at radius 3 is 2.53 bits per heavy atom. The summed E-state index contributed by atoms with van der Waals surface area (Å²) in [5, 5.41) is 0. The maximum atomic E-state index is 12.8. The summed E-state index contributed by atoms with van der Waals surface area (Å²) in [6, 6.07) is 6.37. The third-order valence-electron chi connectivity index (χ3n) is 6.60. The minimum Gasteiger partial charge on any atom is -0.493 e. The molecule has 0 atom stereocenters. The van der Waals surface area contributed by atoms with E-state index in [2.05, 4.69) is 17.0 Å². The van der Waals surface area contributed by atoms with Gasteiger partial charge in [0, 0.05) is 32.3 Å². The predicted octanol–water partition coefficient (Wildman–Crippen LogP) is 4.18. The third kappa shape index (κ3) is 5.00. The predicted molar refractivity (Wildman–Crippen MR) is 119 cm³/mol. The van der Waals surface area contributed by atoms with Crippen LogP contribution in [0.25, 0.3) is 0 Å². The molecule has 2 heterocycles. The Kier molecular flexibility index (Phi) is 6.66.